The monoisotopic (exact) mass is 272 g/mol. The summed E-state index contributed by atoms with van der Waals surface area (Å²) in [4.78, 5) is 10.5. The Bertz CT molecular complexity index is 609. The average Bonchev–Trinajstić information content (AvgIpc) is 2.97. The summed E-state index contributed by atoms with van der Waals surface area (Å²) < 4.78 is 5.43. The Morgan fingerprint density at radius 2 is 2.10 bits per heavy atom. The van der Waals surface area contributed by atoms with Gasteiger partial charge in [0.15, 0.2) is 0 Å². The first kappa shape index (κ1) is 13.8. The Hall–Kier alpha value is -2.64. The van der Waals surface area contributed by atoms with E-state index in [2.05, 4.69) is 5.32 Å². The Morgan fingerprint density at radius 3 is 2.65 bits per heavy atom. The lowest BCUT2D eigenvalue weighted by Crippen LogP contribution is -2.19. The average molecular weight is 272 g/mol. The van der Waals surface area contributed by atoms with Crippen molar-refractivity contribution >= 4 is 11.4 Å². The normalized spacial score (nSPS) is 17.2. The van der Waals surface area contributed by atoms with E-state index in [-0.39, 0.29) is 28.6 Å². The molecule has 1 atom stereocenters. The smallest absolute Gasteiger partial charge is 0.293 e. The van der Waals surface area contributed by atoms with E-state index in [4.69, 9.17) is 15.3 Å². The van der Waals surface area contributed by atoms with Crippen LogP contribution >= 0.6 is 0 Å². The van der Waals surface area contributed by atoms with Crippen molar-refractivity contribution in [1.82, 2.24) is 0 Å². The van der Waals surface area contributed by atoms with Gasteiger partial charge in [0.2, 0.25) is 0 Å². The van der Waals surface area contributed by atoms with E-state index in [0.717, 1.165) is 18.9 Å². The Labute approximate surface area is 115 Å². The molecule has 1 aliphatic rings. The summed E-state index contributed by atoms with van der Waals surface area (Å²) in [5.41, 5.74) is 0.148. The first-order valence-corrected chi connectivity index (χ1v) is 6.14. The largest absolute Gasteiger partial charge is 0.377 e. The van der Waals surface area contributed by atoms with Gasteiger partial charge in [-0.25, -0.2) is 0 Å². The molecular weight excluding hydrogens is 260 g/mol. The molecule has 2 rings (SSSR count). The number of hydrogen-bond donors (Lipinski definition) is 1. The third kappa shape index (κ3) is 2.85. The van der Waals surface area contributed by atoms with E-state index in [1.54, 1.807) is 6.07 Å². The van der Waals surface area contributed by atoms with Gasteiger partial charge in [-0.05, 0) is 18.9 Å². The maximum atomic E-state index is 11.0. The number of benzene rings is 1. The maximum absolute atomic E-state index is 11.0. The standard InChI is InChI=1S/C13H12N4O3/c14-6-9-4-12(16-8-11-2-1-3-20-11)13(17(18)19)5-10(9)7-15/h4-5,11,16H,1-3,8H2/t11-/m0/s1. The molecule has 1 aliphatic heterocycles. The van der Waals surface area contributed by atoms with Crippen LogP contribution in [0.15, 0.2) is 12.1 Å². The van der Waals surface area contributed by atoms with Gasteiger partial charge < -0.3 is 10.1 Å². The molecule has 0 aliphatic carbocycles. The Balaban J connectivity index is 2.27. The van der Waals surface area contributed by atoms with Gasteiger partial charge in [0, 0.05) is 19.2 Å². The molecule has 20 heavy (non-hydrogen) atoms. The minimum atomic E-state index is -0.570. The van der Waals surface area contributed by atoms with Crippen molar-refractivity contribution in [2.45, 2.75) is 18.9 Å². The molecule has 0 bridgehead atoms. The van der Waals surface area contributed by atoms with Crippen LogP contribution in [0.3, 0.4) is 0 Å². The van der Waals surface area contributed by atoms with Gasteiger partial charge in [-0.1, -0.05) is 0 Å². The lowest BCUT2D eigenvalue weighted by atomic mass is 10.1. The summed E-state index contributed by atoms with van der Waals surface area (Å²) in [7, 11) is 0. The lowest BCUT2D eigenvalue weighted by Gasteiger charge is -2.12. The highest BCUT2D eigenvalue weighted by atomic mass is 16.6. The van der Waals surface area contributed by atoms with E-state index in [1.807, 2.05) is 6.07 Å². The number of rotatable bonds is 4. The van der Waals surface area contributed by atoms with Crippen LogP contribution in [-0.4, -0.2) is 24.2 Å². The minimum Gasteiger partial charge on any atom is -0.377 e. The highest BCUT2D eigenvalue weighted by Crippen LogP contribution is 2.28. The van der Waals surface area contributed by atoms with Crippen LogP contribution in [0, 0.1) is 32.8 Å². The first-order valence-electron chi connectivity index (χ1n) is 6.14. The number of nitrogens with one attached hydrogen (secondary N) is 1. The summed E-state index contributed by atoms with van der Waals surface area (Å²) in [6, 6.07) is 6.11. The van der Waals surface area contributed by atoms with Crippen molar-refractivity contribution in [2.24, 2.45) is 0 Å². The molecule has 0 saturated carbocycles. The van der Waals surface area contributed by atoms with E-state index in [1.165, 1.54) is 6.07 Å². The van der Waals surface area contributed by atoms with Gasteiger partial charge in [0.1, 0.15) is 17.8 Å². The topological polar surface area (TPSA) is 112 Å². The summed E-state index contributed by atoms with van der Waals surface area (Å²) in [5.74, 6) is 0. The first-order chi connectivity index (χ1) is 9.65. The van der Waals surface area contributed by atoms with Gasteiger partial charge >= 0.3 is 0 Å². The highest BCUT2D eigenvalue weighted by molar-refractivity contribution is 5.68. The van der Waals surface area contributed by atoms with Crippen LogP contribution in [0.5, 0.6) is 0 Å². The van der Waals surface area contributed by atoms with E-state index >= 15 is 0 Å². The summed E-state index contributed by atoms with van der Waals surface area (Å²) in [6.07, 6.45) is 1.91. The predicted molar refractivity (Wildman–Crippen MR) is 70.0 cm³/mol. The zero-order valence-electron chi connectivity index (χ0n) is 10.6. The third-order valence-electron chi connectivity index (χ3n) is 3.12. The molecule has 0 unspecified atom stereocenters. The van der Waals surface area contributed by atoms with Crippen molar-refractivity contribution < 1.29 is 9.66 Å². The van der Waals surface area contributed by atoms with Gasteiger partial charge in [-0.3, -0.25) is 10.1 Å². The molecule has 1 aromatic carbocycles. The molecular formula is C13H12N4O3. The van der Waals surface area contributed by atoms with Crippen LogP contribution in [0.25, 0.3) is 0 Å². The molecule has 102 valence electrons. The van der Waals surface area contributed by atoms with Gasteiger partial charge in [0.05, 0.1) is 22.2 Å². The maximum Gasteiger partial charge on any atom is 0.293 e. The zero-order valence-corrected chi connectivity index (χ0v) is 10.6. The number of nitro benzene ring substituents is 1. The SMILES string of the molecule is N#Cc1cc(NC[C@@H]2CCCO2)c([N+](=O)[O-])cc1C#N. The molecule has 0 aromatic heterocycles. The number of nitrogens with zero attached hydrogens (tertiary/aromatic N) is 3. The number of nitriles is 2. The minimum absolute atomic E-state index is 0.00173. The Kier molecular flexibility index (Phi) is 4.14. The third-order valence-corrected chi connectivity index (χ3v) is 3.12. The molecule has 0 spiro atoms. The predicted octanol–water partition coefficient (Wildman–Crippen LogP) is 1.93. The zero-order chi connectivity index (χ0) is 14.5. The van der Waals surface area contributed by atoms with Gasteiger partial charge in [0.25, 0.3) is 5.69 Å². The second-order valence-corrected chi connectivity index (χ2v) is 4.41. The molecule has 0 radical (unpaired) electrons. The van der Waals surface area contributed by atoms with E-state index in [0.29, 0.717) is 13.2 Å². The fourth-order valence-corrected chi connectivity index (χ4v) is 2.10. The highest BCUT2D eigenvalue weighted by Gasteiger charge is 2.21. The molecule has 7 heteroatoms. The summed E-state index contributed by atoms with van der Waals surface area (Å²) in [5, 5.41) is 31.8. The number of ether oxygens (including phenoxy) is 1. The van der Waals surface area contributed by atoms with Crippen molar-refractivity contribution in [1.29, 1.82) is 10.5 Å². The second kappa shape index (κ2) is 6.00. The summed E-state index contributed by atoms with van der Waals surface area (Å²) in [6.45, 7) is 1.14. The van der Waals surface area contributed by atoms with Crippen LogP contribution in [0.2, 0.25) is 0 Å². The molecule has 1 N–H and O–H groups in total. The molecule has 1 heterocycles. The van der Waals surface area contributed by atoms with Crippen LogP contribution in [0.1, 0.15) is 24.0 Å². The molecule has 1 aromatic rings. The van der Waals surface area contributed by atoms with Crippen LogP contribution in [-0.2, 0) is 4.74 Å². The molecule has 1 saturated heterocycles. The molecule has 1 fully saturated rings. The Morgan fingerprint density at radius 1 is 1.40 bits per heavy atom. The van der Waals surface area contributed by atoms with Crippen molar-refractivity contribution in [2.75, 3.05) is 18.5 Å². The second-order valence-electron chi connectivity index (χ2n) is 4.41. The lowest BCUT2D eigenvalue weighted by molar-refractivity contribution is -0.384. The fraction of sp³-hybridized carbons (Fsp3) is 0.385. The van der Waals surface area contributed by atoms with Crippen LogP contribution in [0.4, 0.5) is 11.4 Å². The quantitative estimate of drug-likeness (QED) is 0.662. The van der Waals surface area contributed by atoms with Crippen molar-refractivity contribution in [3.63, 3.8) is 0 Å². The van der Waals surface area contributed by atoms with Crippen molar-refractivity contribution in [3.8, 4) is 12.1 Å². The van der Waals surface area contributed by atoms with Gasteiger partial charge in [-0.2, -0.15) is 10.5 Å². The number of anilines is 1. The van der Waals surface area contributed by atoms with E-state index in [9.17, 15) is 10.1 Å². The van der Waals surface area contributed by atoms with Gasteiger partial charge in [-0.15, -0.1) is 0 Å². The van der Waals surface area contributed by atoms with Crippen LogP contribution < -0.4 is 5.32 Å². The fourth-order valence-electron chi connectivity index (χ4n) is 2.10. The summed E-state index contributed by atoms with van der Waals surface area (Å²) >= 11 is 0. The van der Waals surface area contributed by atoms with Crippen molar-refractivity contribution in [3.05, 3.63) is 33.4 Å². The number of hydrogen-bond acceptors (Lipinski definition) is 6. The van der Waals surface area contributed by atoms with E-state index < -0.39 is 4.92 Å². The number of nitro groups is 1. The molecule has 7 nitrogen and oxygen atoms in total. The molecule has 0 amide bonds.